The van der Waals surface area contributed by atoms with Crippen molar-refractivity contribution in [1.82, 2.24) is 14.5 Å². The zero-order chi connectivity index (χ0) is 11.5. The molecule has 0 aliphatic heterocycles. The lowest BCUT2D eigenvalue weighted by molar-refractivity contribution is 0.0988. The molecule has 1 unspecified atom stereocenters. The van der Waals surface area contributed by atoms with Crippen LogP contribution in [0.25, 0.3) is 0 Å². The highest BCUT2D eigenvalue weighted by molar-refractivity contribution is 7.89. The maximum Gasteiger partial charge on any atom is 0.257 e. The van der Waals surface area contributed by atoms with E-state index in [1.807, 2.05) is 0 Å². The highest BCUT2D eigenvalue weighted by atomic mass is 32.2. The second-order valence-corrected chi connectivity index (χ2v) is 4.70. The molecule has 8 heteroatoms. The van der Waals surface area contributed by atoms with Crippen LogP contribution in [0.4, 0.5) is 0 Å². The molecular formula is C7H13N3O4S. The van der Waals surface area contributed by atoms with Gasteiger partial charge in [-0.05, 0) is 6.07 Å². The summed E-state index contributed by atoms with van der Waals surface area (Å²) in [5, 5.41) is 21.2. The largest absolute Gasteiger partial charge is 0.394 e. The van der Waals surface area contributed by atoms with Crippen LogP contribution in [0.3, 0.4) is 0 Å². The van der Waals surface area contributed by atoms with Gasteiger partial charge in [0.15, 0.2) is 5.03 Å². The van der Waals surface area contributed by atoms with Crippen molar-refractivity contribution in [2.75, 3.05) is 13.2 Å². The molecule has 0 fully saturated rings. The highest BCUT2D eigenvalue weighted by Crippen LogP contribution is 2.05. The molecule has 1 heterocycles. The van der Waals surface area contributed by atoms with Gasteiger partial charge in [-0.3, -0.25) is 4.68 Å². The first-order valence-corrected chi connectivity index (χ1v) is 5.72. The Morgan fingerprint density at radius 3 is 2.80 bits per heavy atom. The Labute approximate surface area is 87.4 Å². The van der Waals surface area contributed by atoms with Crippen molar-refractivity contribution in [3.05, 3.63) is 12.3 Å². The molecule has 15 heavy (non-hydrogen) atoms. The Balaban J connectivity index is 2.73. The van der Waals surface area contributed by atoms with E-state index in [1.54, 1.807) is 0 Å². The minimum absolute atomic E-state index is 0.00707. The normalized spacial score (nSPS) is 14.1. The fourth-order valence-corrected chi connectivity index (χ4v) is 2.16. The summed E-state index contributed by atoms with van der Waals surface area (Å²) in [6, 6.07) is 1.34. The topological polar surface area (TPSA) is 104 Å². The number of sulfonamides is 1. The minimum atomic E-state index is -3.67. The standard InChI is InChI=1S/C7H13N3O4S/c1-10-7(2-3-8-10)15(13,14)9-4-6(12)5-11/h2-3,6,9,11-12H,4-5H2,1H3. The molecule has 0 amide bonds. The van der Waals surface area contributed by atoms with E-state index >= 15 is 0 Å². The number of aromatic nitrogens is 2. The van der Waals surface area contributed by atoms with Crippen LogP contribution in [0, 0.1) is 0 Å². The minimum Gasteiger partial charge on any atom is -0.394 e. The number of nitrogens with one attached hydrogen (secondary N) is 1. The molecule has 0 bridgehead atoms. The number of hydrogen-bond acceptors (Lipinski definition) is 5. The molecule has 0 saturated heterocycles. The first kappa shape index (κ1) is 12.1. The van der Waals surface area contributed by atoms with Crippen molar-refractivity contribution in [3.8, 4) is 0 Å². The van der Waals surface area contributed by atoms with Crippen molar-refractivity contribution >= 4 is 10.0 Å². The molecule has 0 spiro atoms. The zero-order valence-electron chi connectivity index (χ0n) is 8.16. The molecular weight excluding hydrogens is 222 g/mol. The van der Waals surface area contributed by atoms with Crippen LogP contribution < -0.4 is 4.72 Å². The summed E-state index contributed by atoms with van der Waals surface area (Å²) in [4.78, 5) is 0. The van der Waals surface area contributed by atoms with Crippen molar-refractivity contribution < 1.29 is 18.6 Å². The molecule has 1 aromatic heterocycles. The SMILES string of the molecule is Cn1nccc1S(=O)(=O)NCC(O)CO. The smallest absolute Gasteiger partial charge is 0.257 e. The maximum atomic E-state index is 11.6. The summed E-state index contributed by atoms with van der Waals surface area (Å²) >= 11 is 0. The summed E-state index contributed by atoms with van der Waals surface area (Å²) < 4.78 is 26.5. The predicted octanol–water partition coefficient (Wildman–Crippen LogP) is -1.95. The third-order valence-electron chi connectivity index (χ3n) is 1.77. The van der Waals surface area contributed by atoms with E-state index in [9.17, 15) is 8.42 Å². The van der Waals surface area contributed by atoms with Crippen molar-refractivity contribution in [1.29, 1.82) is 0 Å². The van der Waals surface area contributed by atoms with Gasteiger partial charge >= 0.3 is 0 Å². The van der Waals surface area contributed by atoms with Crippen molar-refractivity contribution in [3.63, 3.8) is 0 Å². The van der Waals surface area contributed by atoms with Gasteiger partial charge in [0.05, 0.1) is 18.9 Å². The quantitative estimate of drug-likeness (QED) is 0.550. The van der Waals surface area contributed by atoms with E-state index in [0.29, 0.717) is 0 Å². The Hall–Kier alpha value is -0.960. The molecule has 0 aliphatic rings. The van der Waals surface area contributed by atoms with Crippen LogP contribution in [0.15, 0.2) is 17.3 Å². The summed E-state index contributed by atoms with van der Waals surface area (Å²) in [5.74, 6) is 0. The Morgan fingerprint density at radius 2 is 2.33 bits per heavy atom. The molecule has 0 saturated carbocycles. The first-order chi connectivity index (χ1) is 6.97. The van der Waals surface area contributed by atoms with Gasteiger partial charge in [-0.15, -0.1) is 0 Å². The fraction of sp³-hybridized carbons (Fsp3) is 0.571. The fourth-order valence-electron chi connectivity index (χ4n) is 0.970. The van der Waals surface area contributed by atoms with Gasteiger partial charge in [-0.2, -0.15) is 5.10 Å². The third kappa shape index (κ3) is 2.99. The molecule has 7 nitrogen and oxygen atoms in total. The lowest BCUT2D eigenvalue weighted by Crippen LogP contribution is -2.34. The molecule has 86 valence electrons. The number of rotatable bonds is 5. The molecule has 0 aliphatic carbocycles. The number of hydrogen-bond donors (Lipinski definition) is 3. The van der Waals surface area contributed by atoms with Gasteiger partial charge in [-0.1, -0.05) is 0 Å². The molecule has 0 radical (unpaired) electrons. The van der Waals surface area contributed by atoms with Crippen LogP contribution in [0.1, 0.15) is 0 Å². The number of aliphatic hydroxyl groups is 2. The predicted molar refractivity (Wildman–Crippen MR) is 51.5 cm³/mol. The number of aryl methyl sites for hydroxylation is 1. The van der Waals surface area contributed by atoms with Crippen LogP contribution in [-0.4, -0.2) is 47.7 Å². The van der Waals surface area contributed by atoms with E-state index in [1.165, 1.54) is 24.0 Å². The summed E-state index contributed by atoms with van der Waals surface area (Å²) in [6.07, 6.45) is 0.254. The second kappa shape index (κ2) is 4.71. The van der Waals surface area contributed by atoms with Crippen LogP contribution in [-0.2, 0) is 17.1 Å². The highest BCUT2D eigenvalue weighted by Gasteiger charge is 2.18. The second-order valence-electron chi connectivity index (χ2n) is 2.98. The van der Waals surface area contributed by atoms with Gasteiger partial charge in [0, 0.05) is 13.6 Å². The molecule has 1 rings (SSSR count). The monoisotopic (exact) mass is 235 g/mol. The van der Waals surface area contributed by atoms with E-state index < -0.39 is 22.7 Å². The van der Waals surface area contributed by atoms with Gasteiger partial charge in [0.25, 0.3) is 10.0 Å². The molecule has 1 aromatic rings. The summed E-state index contributed by atoms with van der Waals surface area (Å²) in [7, 11) is -2.18. The van der Waals surface area contributed by atoms with E-state index in [0.717, 1.165) is 0 Å². The first-order valence-electron chi connectivity index (χ1n) is 4.24. The van der Waals surface area contributed by atoms with Gasteiger partial charge in [-0.25, -0.2) is 13.1 Å². The Kier molecular flexibility index (Phi) is 3.80. The van der Waals surface area contributed by atoms with E-state index in [4.69, 9.17) is 10.2 Å². The van der Waals surface area contributed by atoms with Crippen molar-refractivity contribution in [2.24, 2.45) is 7.05 Å². The lowest BCUT2D eigenvalue weighted by Gasteiger charge is -2.09. The van der Waals surface area contributed by atoms with E-state index in [2.05, 4.69) is 9.82 Å². The van der Waals surface area contributed by atoms with Gasteiger partial charge in [0.1, 0.15) is 0 Å². The van der Waals surface area contributed by atoms with Gasteiger partial charge in [0.2, 0.25) is 0 Å². The molecule has 0 aromatic carbocycles. The third-order valence-corrected chi connectivity index (χ3v) is 3.27. The lowest BCUT2D eigenvalue weighted by atomic mass is 10.4. The zero-order valence-corrected chi connectivity index (χ0v) is 8.98. The number of nitrogens with zero attached hydrogens (tertiary/aromatic N) is 2. The summed E-state index contributed by atoms with van der Waals surface area (Å²) in [5.41, 5.74) is 0. The van der Waals surface area contributed by atoms with Crippen molar-refractivity contribution in [2.45, 2.75) is 11.1 Å². The Bertz CT molecular complexity index is 414. The van der Waals surface area contributed by atoms with E-state index in [-0.39, 0.29) is 11.6 Å². The molecule has 1 atom stereocenters. The summed E-state index contributed by atoms with van der Waals surface area (Å²) in [6.45, 7) is -0.724. The average Bonchev–Trinajstić information content (AvgIpc) is 2.61. The van der Waals surface area contributed by atoms with Gasteiger partial charge < -0.3 is 10.2 Å². The molecule has 3 N–H and O–H groups in total. The van der Waals surface area contributed by atoms with Crippen LogP contribution in [0.2, 0.25) is 0 Å². The maximum absolute atomic E-state index is 11.6. The average molecular weight is 235 g/mol. The van der Waals surface area contributed by atoms with Crippen LogP contribution >= 0.6 is 0 Å². The Morgan fingerprint density at radius 1 is 1.67 bits per heavy atom. The van der Waals surface area contributed by atoms with Crippen LogP contribution in [0.5, 0.6) is 0 Å². The number of aliphatic hydroxyl groups excluding tert-OH is 2.